The smallest absolute Gasteiger partial charge is 0.190 e. The number of phenolic OH excluding ortho intramolecular Hbond substituents is 1. The van der Waals surface area contributed by atoms with Gasteiger partial charge in [-0.15, -0.1) is 0 Å². The number of phenols is 1. The first-order valence-electron chi connectivity index (χ1n) is 12.8. The third-order valence-electron chi connectivity index (χ3n) is 8.74. The van der Waals surface area contributed by atoms with Gasteiger partial charge in [-0.05, 0) is 81.9 Å². The lowest BCUT2D eigenvalue weighted by atomic mass is 9.52. The fraction of sp³-hybridized carbons (Fsp3) is 0.433. The lowest BCUT2D eigenvalue weighted by Gasteiger charge is -2.52. The summed E-state index contributed by atoms with van der Waals surface area (Å²) in [6, 6.07) is 8.09. The number of ketones is 5. The van der Waals surface area contributed by atoms with Crippen molar-refractivity contribution < 1.29 is 34.2 Å². The van der Waals surface area contributed by atoms with Crippen LogP contribution in [0.3, 0.4) is 0 Å². The first-order valence-corrected chi connectivity index (χ1v) is 12.8. The molecule has 8 nitrogen and oxygen atoms in total. The van der Waals surface area contributed by atoms with Crippen molar-refractivity contribution >= 4 is 28.9 Å². The molecule has 198 valence electrons. The first-order chi connectivity index (χ1) is 17.8. The average Bonchev–Trinajstić information content (AvgIpc) is 2.81. The Bertz CT molecular complexity index is 1440. The molecule has 2 aromatic carbocycles. The van der Waals surface area contributed by atoms with Gasteiger partial charge < -0.3 is 10.2 Å². The van der Waals surface area contributed by atoms with Crippen LogP contribution in [0, 0.1) is 37.5 Å². The molecule has 2 fully saturated rings. The van der Waals surface area contributed by atoms with Gasteiger partial charge in [0, 0.05) is 5.92 Å². The number of rotatable bonds is 3. The number of Topliss-reactive ketones (excluding diaryl/α,β-unsaturated/α-hetero) is 5. The Morgan fingerprint density at radius 2 is 1.66 bits per heavy atom. The summed E-state index contributed by atoms with van der Waals surface area (Å²) >= 11 is 0. The number of aromatic hydroxyl groups is 1. The predicted molar refractivity (Wildman–Crippen MR) is 138 cm³/mol. The molecule has 8 heteroatoms. The van der Waals surface area contributed by atoms with Crippen LogP contribution in [0.4, 0.5) is 0 Å². The van der Waals surface area contributed by atoms with Crippen molar-refractivity contribution in [3.63, 3.8) is 0 Å². The Balaban J connectivity index is 1.67. The number of fused-ring (bicyclic) bond motifs is 3. The molecule has 0 saturated heterocycles. The van der Waals surface area contributed by atoms with E-state index in [1.54, 1.807) is 20.2 Å². The topological polar surface area (TPSA) is 129 Å². The molecule has 0 radical (unpaired) electrons. The zero-order chi connectivity index (χ0) is 27.8. The molecule has 6 atom stereocenters. The highest BCUT2D eigenvalue weighted by molar-refractivity contribution is 6.32. The number of likely N-dealkylation sites (N-methyl/N-ethyl adjacent to an activating group) is 1. The summed E-state index contributed by atoms with van der Waals surface area (Å²) in [5.41, 5.74) is 1.73. The summed E-state index contributed by atoms with van der Waals surface area (Å²) < 4.78 is 0. The number of aliphatic hydroxyl groups is 1. The molecule has 5 rings (SSSR count). The van der Waals surface area contributed by atoms with Gasteiger partial charge in [0.25, 0.3) is 0 Å². The van der Waals surface area contributed by atoms with Gasteiger partial charge >= 0.3 is 0 Å². The second-order valence-electron chi connectivity index (χ2n) is 11.3. The summed E-state index contributed by atoms with van der Waals surface area (Å²) in [6.45, 7) is 5.03. The summed E-state index contributed by atoms with van der Waals surface area (Å²) in [6.07, 6.45) is 0.310. The molecule has 2 aromatic rings. The van der Waals surface area contributed by atoms with Crippen LogP contribution in [-0.4, -0.2) is 69.8 Å². The highest BCUT2D eigenvalue weighted by Crippen LogP contribution is 2.52. The van der Waals surface area contributed by atoms with Crippen LogP contribution in [-0.2, 0) is 25.6 Å². The van der Waals surface area contributed by atoms with Crippen molar-refractivity contribution in [3.8, 4) is 16.9 Å². The lowest BCUT2D eigenvalue weighted by Crippen LogP contribution is -2.73. The Hall–Kier alpha value is -3.49. The molecule has 0 spiro atoms. The van der Waals surface area contributed by atoms with Crippen LogP contribution in [0.5, 0.6) is 5.75 Å². The average molecular weight is 518 g/mol. The van der Waals surface area contributed by atoms with Crippen molar-refractivity contribution in [2.24, 2.45) is 23.7 Å². The van der Waals surface area contributed by atoms with E-state index in [-0.39, 0.29) is 24.2 Å². The van der Waals surface area contributed by atoms with Crippen molar-refractivity contribution in [2.75, 3.05) is 14.1 Å². The maximum Gasteiger partial charge on any atom is 0.190 e. The number of hydrogen-bond acceptors (Lipinski definition) is 8. The van der Waals surface area contributed by atoms with E-state index in [1.807, 2.05) is 32.0 Å². The minimum Gasteiger partial charge on any atom is -0.507 e. The minimum atomic E-state index is -2.64. The SMILES string of the molecule is CC(=O)C1C(=O)[C@@H](N(C)C)[C@@H]2C[C@@H]3Cc4c(-c5ccc(C)cc5C)ccc(O)c4C(=O)C3C(=O)[C@]2(O)C1=O. The normalized spacial score (nSPS) is 30.7. The van der Waals surface area contributed by atoms with Crippen LogP contribution in [0.25, 0.3) is 11.1 Å². The van der Waals surface area contributed by atoms with E-state index in [0.717, 1.165) is 29.2 Å². The van der Waals surface area contributed by atoms with Crippen molar-refractivity contribution in [1.29, 1.82) is 0 Å². The summed E-state index contributed by atoms with van der Waals surface area (Å²) in [4.78, 5) is 68.3. The molecule has 0 aliphatic heterocycles. The Labute approximate surface area is 220 Å². The predicted octanol–water partition coefficient (Wildman–Crippen LogP) is 2.25. The second kappa shape index (κ2) is 8.78. The molecule has 0 amide bonds. The molecule has 3 aliphatic rings. The van der Waals surface area contributed by atoms with E-state index in [4.69, 9.17) is 0 Å². The number of nitrogens with zero attached hydrogens (tertiary/aromatic N) is 1. The fourth-order valence-corrected chi connectivity index (χ4v) is 7.09. The monoisotopic (exact) mass is 517 g/mol. The van der Waals surface area contributed by atoms with Gasteiger partial charge in [-0.2, -0.15) is 0 Å². The number of hydrogen-bond donors (Lipinski definition) is 2. The zero-order valence-corrected chi connectivity index (χ0v) is 22.1. The molecule has 0 heterocycles. The van der Waals surface area contributed by atoms with Crippen molar-refractivity contribution in [2.45, 2.75) is 45.3 Å². The molecule has 3 aliphatic carbocycles. The van der Waals surface area contributed by atoms with Gasteiger partial charge in [-0.3, -0.25) is 28.9 Å². The van der Waals surface area contributed by atoms with Gasteiger partial charge in [-0.25, -0.2) is 0 Å². The molecule has 2 unspecified atom stereocenters. The van der Waals surface area contributed by atoms with E-state index in [2.05, 4.69) is 0 Å². The van der Waals surface area contributed by atoms with E-state index in [9.17, 15) is 34.2 Å². The van der Waals surface area contributed by atoms with Gasteiger partial charge in [0.2, 0.25) is 0 Å². The Morgan fingerprint density at radius 3 is 2.26 bits per heavy atom. The maximum absolute atomic E-state index is 13.9. The van der Waals surface area contributed by atoms with Crippen LogP contribution in [0.2, 0.25) is 0 Å². The summed E-state index contributed by atoms with van der Waals surface area (Å²) in [5, 5.41) is 22.5. The third kappa shape index (κ3) is 3.47. The van der Waals surface area contributed by atoms with E-state index >= 15 is 0 Å². The number of carbonyl (C=O) groups excluding carboxylic acids is 5. The van der Waals surface area contributed by atoms with E-state index in [1.165, 1.54) is 11.0 Å². The first kappa shape index (κ1) is 26.1. The molecular weight excluding hydrogens is 486 g/mol. The number of aryl methyl sites for hydroxylation is 2. The van der Waals surface area contributed by atoms with Crippen molar-refractivity contribution in [1.82, 2.24) is 4.90 Å². The molecular formula is C30H31NO7. The number of benzene rings is 2. The van der Waals surface area contributed by atoms with E-state index in [0.29, 0.717) is 5.56 Å². The third-order valence-corrected chi connectivity index (χ3v) is 8.74. The van der Waals surface area contributed by atoms with Crippen LogP contribution in [0.15, 0.2) is 30.3 Å². The lowest BCUT2D eigenvalue weighted by molar-refractivity contribution is -0.181. The number of carbonyl (C=O) groups is 5. The maximum atomic E-state index is 13.9. The zero-order valence-electron chi connectivity index (χ0n) is 22.1. The second-order valence-corrected chi connectivity index (χ2v) is 11.3. The highest BCUT2D eigenvalue weighted by atomic mass is 16.3. The summed E-state index contributed by atoms with van der Waals surface area (Å²) in [5.74, 6) is -9.24. The summed E-state index contributed by atoms with van der Waals surface area (Å²) in [7, 11) is 3.20. The van der Waals surface area contributed by atoms with Gasteiger partial charge in [-0.1, -0.05) is 29.8 Å². The molecule has 2 N–H and O–H groups in total. The Morgan fingerprint density at radius 1 is 1.00 bits per heavy atom. The highest BCUT2D eigenvalue weighted by Gasteiger charge is 2.69. The molecule has 38 heavy (non-hydrogen) atoms. The fourth-order valence-electron chi connectivity index (χ4n) is 7.09. The molecule has 2 saturated carbocycles. The van der Waals surface area contributed by atoms with Gasteiger partial charge in [0.15, 0.2) is 28.7 Å². The molecule has 0 aromatic heterocycles. The largest absolute Gasteiger partial charge is 0.507 e. The van der Waals surface area contributed by atoms with Crippen LogP contribution < -0.4 is 0 Å². The standard InChI is InChI=1S/C30H31NO7/c1-13-6-7-17(14(2)10-13)18-8-9-21(33)24-19(18)11-16-12-20-25(31(4)5)27(35)22(15(3)32)28(36)30(20,38)29(37)23(16)26(24)34/h6-10,16,20,22-23,25,33,38H,11-12H2,1-5H3/t16-,20-,22?,23?,25-,30+/m0/s1. The minimum absolute atomic E-state index is 0.0192. The van der Waals surface area contributed by atoms with Crippen molar-refractivity contribution in [3.05, 3.63) is 52.6 Å². The van der Waals surface area contributed by atoms with Gasteiger partial charge in [0.1, 0.15) is 17.5 Å². The van der Waals surface area contributed by atoms with E-state index < -0.39 is 64.2 Å². The van der Waals surface area contributed by atoms with Gasteiger partial charge in [0.05, 0.1) is 17.5 Å². The van der Waals surface area contributed by atoms with Crippen LogP contribution in [0.1, 0.15) is 40.4 Å². The molecule has 0 bridgehead atoms. The quantitative estimate of drug-likeness (QED) is 0.594. The Kier molecular flexibility index (Phi) is 6.04. The van der Waals surface area contributed by atoms with Crippen LogP contribution >= 0.6 is 0 Å².